The van der Waals surface area contributed by atoms with Gasteiger partial charge in [-0.3, -0.25) is 9.69 Å². The van der Waals surface area contributed by atoms with Crippen LogP contribution in [-0.4, -0.2) is 68.5 Å². The first-order chi connectivity index (χ1) is 19.2. The minimum Gasteiger partial charge on any atom is -0.465 e. The summed E-state index contributed by atoms with van der Waals surface area (Å²) in [6.07, 6.45) is 0.272. The number of sulfonamides is 1. The van der Waals surface area contributed by atoms with E-state index in [-0.39, 0.29) is 35.8 Å². The lowest BCUT2D eigenvalue weighted by atomic mass is 10.0. The number of anilines is 1. The molecule has 0 saturated carbocycles. The maximum absolute atomic E-state index is 13.2. The molecule has 3 heterocycles. The molecule has 0 unspecified atom stereocenters. The first-order valence-electron chi connectivity index (χ1n) is 13.2. The second-order valence-electron chi connectivity index (χ2n) is 10.2. The smallest absolute Gasteiger partial charge is 0.341 e. The summed E-state index contributed by atoms with van der Waals surface area (Å²) in [6.45, 7) is 6.49. The molecule has 1 amide bonds. The molecule has 1 N–H and O–H groups in total. The van der Waals surface area contributed by atoms with Crippen molar-refractivity contribution < 1.29 is 27.5 Å². The average Bonchev–Trinajstić information content (AvgIpc) is 3.29. The van der Waals surface area contributed by atoms with Crippen molar-refractivity contribution in [2.45, 2.75) is 50.5 Å². The summed E-state index contributed by atoms with van der Waals surface area (Å²) in [5.74, 6) is -0.915. The second-order valence-corrected chi connectivity index (χ2v) is 13.2. The van der Waals surface area contributed by atoms with E-state index >= 15 is 0 Å². The van der Waals surface area contributed by atoms with Gasteiger partial charge in [0.25, 0.3) is 5.91 Å². The quantitative estimate of drug-likeness (QED) is 0.417. The van der Waals surface area contributed by atoms with Gasteiger partial charge in [-0.05, 0) is 55.7 Å². The Morgan fingerprint density at radius 2 is 1.73 bits per heavy atom. The highest BCUT2D eigenvalue weighted by atomic mass is 32.2. The number of nitrogens with zero attached hydrogens (tertiary/aromatic N) is 2. The van der Waals surface area contributed by atoms with E-state index in [1.165, 1.54) is 52.6 Å². The van der Waals surface area contributed by atoms with Crippen molar-refractivity contribution in [2.75, 3.05) is 32.1 Å². The normalized spacial score (nSPS) is 20.1. The standard InChI is InChI=1S/C29H33N3O6S2/c1-19-15-32(16-20(2)38-19)40(35,36)23-11-9-22(10-12-23)27(33)30-28-26(29(34)37-3)24-13-14-31(18-25(24)39-28)17-21-7-5-4-6-8-21/h4-12,19-20H,13-18H2,1-3H3,(H,30,33)/t19-,20+. The summed E-state index contributed by atoms with van der Waals surface area (Å²) in [5, 5.41) is 3.32. The fourth-order valence-corrected chi connectivity index (χ4v) is 8.13. The van der Waals surface area contributed by atoms with E-state index in [4.69, 9.17) is 9.47 Å². The van der Waals surface area contributed by atoms with Gasteiger partial charge in [0.2, 0.25) is 10.0 Å². The SMILES string of the molecule is COC(=O)c1c(NC(=O)c2ccc(S(=O)(=O)N3C[C@@H](C)O[C@@H](C)C3)cc2)sc2c1CCN(Cc1ccccc1)C2. The van der Waals surface area contributed by atoms with Gasteiger partial charge in [-0.15, -0.1) is 11.3 Å². The van der Waals surface area contributed by atoms with E-state index in [9.17, 15) is 18.0 Å². The minimum atomic E-state index is -3.72. The van der Waals surface area contributed by atoms with E-state index in [1.54, 1.807) is 0 Å². The van der Waals surface area contributed by atoms with Crippen molar-refractivity contribution in [3.05, 3.63) is 81.7 Å². The van der Waals surface area contributed by atoms with Crippen LogP contribution in [0.3, 0.4) is 0 Å². The lowest BCUT2D eigenvalue weighted by Crippen LogP contribution is -2.48. The van der Waals surface area contributed by atoms with Gasteiger partial charge >= 0.3 is 5.97 Å². The molecule has 212 valence electrons. The first kappa shape index (κ1) is 28.4. The number of carbonyl (C=O) groups is 2. The van der Waals surface area contributed by atoms with Crippen molar-refractivity contribution in [1.29, 1.82) is 0 Å². The van der Waals surface area contributed by atoms with Crippen LogP contribution in [0.5, 0.6) is 0 Å². The summed E-state index contributed by atoms with van der Waals surface area (Å²) in [5.41, 5.74) is 2.81. The maximum Gasteiger partial charge on any atom is 0.341 e. The number of methoxy groups -OCH3 is 1. The summed E-state index contributed by atoms with van der Waals surface area (Å²) in [6, 6.07) is 16.1. The van der Waals surface area contributed by atoms with Crippen LogP contribution in [0.4, 0.5) is 5.00 Å². The number of esters is 1. The number of nitrogens with one attached hydrogen (secondary N) is 1. The topological polar surface area (TPSA) is 105 Å². The van der Waals surface area contributed by atoms with Gasteiger partial charge in [0.1, 0.15) is 5.00 Å². The molecule has 3 aromatic rings. The molecule has 11 heteroatoms. The number of amides is 1. The van der Waals surface area contributed by atoms with Crippen LogP contribution in [0, 0.1) is 0 Å². The van der Waals surface area contributed by atoms with Crippen molar-refractivity contribution in [2.24, 2.45) is 0 Å². The molecule has 5 rings (SSSR count). The molecule has 2 aliphatic heterocycles. The summed E-state index contributed by atoms with van der Waals surface area (Å²) < 4.78 is 38.5. The third kappa shape index (κ3) is 5.98. The van der Waals surface area contributed by atoms with Crippen molar-refractivity contribution in [3.8, 4) is 0 Å². The fraction of sp³-hybridized carbons (Fsp3) is 0.379. The van der Waals surface area contributed by atoms with E-state index in [1.807, 2.05) is 32.0 Å². The molecule has 0 spiro atoms. The van der Waals surface area contributed by atoms with Gasteiger partial charge in [-0.25, -0.2) is 13.2 Å². The number of morpholine rings is 1. The molecule has 1 fully saturated rings. The highest BCUT2D eigenvalue weighted by molar-refractivity contribution is 7.89. The Kier molecular flexibility index (Phi) is 8.39. The number of thiophene rings is 1. The van der Waals surface area contributed by atoms with E-state index in [2.05, 4.69) is 22.3 Å². The van der Waals surface area contributed by atoms with E-state index in [0.29, 0.717) is 23.5 Å². The van der Waals surface area contributed by atoms with Crippen LogP contribution < -0.4 is 5.32 Å². The van der Waals surface area contributed by atoms with Crippen molar-refractivity contribution >= 4 is 38.2 Å². The number of carbonyl (C=O) groups excluding carboxylic acids is 2. The molecule has 1 saturated heterocycles. The Labute approximate surface area is 238 Å². The van der Waals surface area contributed by atoms with Crippen LogP contribution in [0.1, 0.15) is 50.6 Å². The van der Waals surface area contributed by atoms with E-state index in [0.717, 1.165) is 23.5 Å². The second kappa shape index (κ2) is 11.8. The van der Waals surface area contributed by atoms with Gasteiger partial charge in [0.05, 0.1) is 29.8 Å². The number of fused-ring (bicyclic) bond motifs is 1. The predicted molar refractivity (Wildman–Crippen MR) is 153 cm³/mol. The average molecular weight is 584 g/mol. The van der Waals surface area contributed by atoms with Crippen LogP contribution in [0.15, 0.2) is 59.5 Å². The molecule has 0 aliphatic carbocycles. The molecule has 9 nitrogen and oxygen atoms in total. The van der Waals surface area contributed by atoms with Crippen LogP contribution in [0.25, 0.3) is 0 Å². The molecular formula is C29H33N3O6S2. The Morgan fingerprint density at radius 1 is 1.05 bits per heavy atom. The number of ether oxygens (including phenoxy) is 2. The Balaban J connectivity index is 1.33. The van der Waals surface area contributed by atoms with E-state index < -0.39 is 21.9 Å². The lowest BCUT2D eigenvalue weighted by Gasteiger charge is -2.34. The number of rotatable bonds is 7. The van der Waals surface area contributed by atoms with Crippen LogP contribution >= 0.6 is 11.3 Å². The van der Waals surface area contributed by atoms with Gasteiger partial charge in [0.15, 0.2) is 0 Å². The molecule has 1 aromatic heterocycles. The number of hydrogen-bond acceptors (Lipinski definition) is 8. The first-order valence-corrected chi connectivity index (χ1v) is 15.5. The predicted octanol–water partition coefficient (Wildman–Crippen LogP) is 4.14. The monoisotopic (exact) mass is 583 g/mol. The molecule has 0 radical (unpaired) electrons. The molecule has 40 heavy (non-hydrogen) atoms. The van der Waals surface area contributed by atoms with Gasteiger partial charge < -0.3 is 14.8 Å². The summed E-state index contributed by atoms with van der Waals surface area (Å²) >= 11 is 1.38. The summed E-state index contributed by atoms with van der Waals surface area (Å²) in [4.78, 5) is 29.4. The van der Waals surface area contributed by atoms with Gasteiger partial charge in [-0.2, -0.15) is 4.31 Å². The van der Waals surface area contributed by atoms with Crippen molar-refractivity contribution in [3.63, 3.8) is 0 Å². The maximum atomic E-state index is 13.2. The van der Waals surface area contributed by atoms with Gasteiger partial charge in [-0.1, -0.05) is 30.3 Å². The number of benzene rings is 2. The molecule has 2 aromatic carbocycles. The molecule has 0 bridgehead atoms. The van der Waals surface area contributed by atoms with Crippen LogP contribution in [0.2, 0.25) is 0 Å². The van der Waals surface area contributed by atoms with Crippen LogP contribution in [-0.2, 0) is 39.0 Å². The number of hydrogen-bond donors (Lipinski definition) is 1. The zero-order valence-electron chi connectivity index (χ0n) is 22.8. The van der Waals surface area contributed by atoms with Crippen molar-refractivity contribution in [1.82, 2.24) is 9.21 Å². The highest BCUT2D eigenvalue weighted by Crippen LogP contribution is 2.38. The molecule has 2 atom stereocenters. The fourth-order valence-electron chi connectivity index (χ4n) is 5.27. The molecular weight excluding hydrogens is 550 g/mol. The minimum absolute atomic E-state index is 0.116. The zero-order valence-corrected chi connectivity index (χ0v) is 24.4. The Hall–Kier alpha value is -3.09. The third-order valence-corrected chi connectivity index (χ3v) is 10.1. The zero-order chi connectivity index (χ0) is 28.4. The summed E-state index contributed by atoms with van der Waals surface area (Å²) in [7, 11) is -2.39. The highest BCUT2D eigenvalue weighted by Gasteiger charge is 2.33. The lowest BCUT2D eigenvalue weighted by molar-refractivity contribution is -0.0440. The Bertz CT molecular complexity index is 1480. The Morgan fingerprint density at radius 3 is 2.38 bits per heavy atom. The third-order valence-electron chi connectivity index (χ3n) is 7.14. The van der Waals surface area contributed by atoms with Gasteiger partial charge in [0, 0.05) is 43.2 Å². The molecule has 2 aliphatic rings. The largest absolute Gasteiger partial charge is 0.465 e.